The first kappa shape index (κ1) is 21.8. The van der Waals surface area contributed by atoms with Gasteiger partial charge in [-0.3, -0.25) is 10.1 Å². The average molecular weight is 449 g/mol. The molecule has 1 aliphatic carbocycles. The summed E-state index contributed by atoms with van der Waals surface area (Å²) in [6, 6.07) is 6.47. The van der Waals surface area contributed by atoms with Crippen molar-refractivity contribution in [2.45, 2.75) is 26.8 Å². The number of aromatic amines is 2. The van der Waals surface area contributed by atoms with E-state index in [0.29, 0.717) is 5.65 Å². The fraction of sp³-hybridized carbons (Fsp3) is 0.179. The monoisotopic (exact) mass is 448 g/mol. The molecule has 0 amide bonds. The van der Waals surface area contributed by atoms with E-state index >= 15 is 0 Å². The molecule has 0 saturated carbocycles. The highest BCUT2D eigenvalue weighted by molar-refractivity contribution is 5.94. The van der Waals surface area contributed by atoms with Crippen LogP contribution in [-0.2, 0) is 6.54 Å². The number of nitrogens with zero attached hydrogens (tertiary/aromatic N) is 3. The van der Waals surface area contributed by atoms with Gasteiger partial charge in [-0.2, -0.15) is 5.10 Å². The summed E-state index contributed by atoms with van der Waals surface area (Å²) in [6.45, 7) is 9.82. The molecule has 0 atom stereocenters. The Balaban J connectivity index is 1.55. The number of hydrogen-bond acceptors (Lipinski definition) is 4. The minimum absolute atomic E-state index is 0.688. The zero-order chi connectivity index (χ0) is 23.5. The molecule has 6 nitrogen and oxygen atoms in total. The normalized spacial score (nSPS) is 13.6. The molecule has 170 valence electrons. The van der Waals surface area contributed by atoms with Crippen molar-refractivity contribution < 1.29 is 0 Å². The van der Waals surface area contributed by atoms with Crippen LogP contribution in [0.2, 0.25) is 0 Å². The molecule has 0 aliphatic heterocycles. The predicted octanol–water partition coefficient (Wildman–Crippen LogP) is 5.89. The second-order valence-electron chi connectivity index (χ2n) is 8.39. The van der Waals surface area contributed by atoms with Crippen LogP contribution < -0.4 is 5.32 Å². The van der Waals surface area contributed by atoms with Crippen molar-refractivity contribution in [3.05, 3.63) is 96.1 Å². The molecular formula is C28H28N6. The Morgan fingerprint density at radius 1 is 1.18 bits per heavy atom. The third kappa shape index (κ3) is 4.16. The fourth-order valence-corrected chi connectivity index (χ4v) is 4.36. The van der Waals surface area contributed by atoms with Gasteiger partial charge in [0.15, 0.2) is 5.65 Å². The van der Waals surface area contributed by atoms with Gasteiger partial charge >= 0.3 is 0 Å². The van der Waals surface area contributed by atoms with Gasteiger partial charge < -0.3 is 10.3 Å². The molecule has 4 aromatic rings. The number of pyridine rings is 2. The lowest BCUT2D eigenvalue weighted by atomic mass is 9.98. The highest BCUT2D eigenvalue weighted by Crippen LogP contribution is 2.35. The van der Waals surface area contributed by atoms with Gasteiger partial charge in [0.2, 0.25) is 0 Å². The third-order valence-corrected chi connectivity index (χ3v) is 6.06. The van der Waals surface area contributed by atoms with Crippen molar-refractivity contribution in [2.75, 3.05) is 6.54 Å². The lowest BCUT2D eigenvalue weighted by Gasteiger charge is -2.06. The standard InChI is InChI=1S/C28H28N6/c1-4-8-23(20-9-6-7-10-20)24-13-26(32-18(24)3)27-25-12-22(17-31-28(25)34-33-27)21-11-19(14-29-5-2)15-30-16-21/h4,6,8-13,15-17,29,32H,1,5,7,14H2,2-3H3,(H,31,33,34)/b23-8-. The first-order chi connectivity index (χ1) is 16.7. The lowest BCUT2D eigenvalue weighted by molar-refractivity contribution is 0.724. The maximum absolute atomic E-state index is 4.61. The molecule has 1 aliphatic rings. The maximum Gasteiger partial charge on any atom is 0.181 e. The van der Waals surface area contributed by atoms with Gasteiger partial charge in [0, 0.05) is 52.9 Å². The summed E-state index contributed by atoms with van der Waals surface area (Å²) < 4.78 is 0. The van der Waals surface area contributed by atoms with Crippen molar-refractivity contribution in [1.29, 1.82) is 0 Å². The Kier molecular flexibility index (Phi) is 6.06. The second-order valence-corrected chi connectivity index (χ2v) is 8.39. The van der Waals surface area contributed by atoms with E-state index in [-0.39, 0.29) is 0 Å². The number of fused-ring (bicyclic) bond motifs is 1. The van der Waals surface area contributed by atoms with Crippen LogP contribution in [0.4, 0.5) is 0 Å². The summed E-state index contributed by atoms with van der Waals surface area (Å²) in [7, 11) is 0. The fourth-order valence-electron chi connectivity index (χ4n) is 4.36. The first-order valence-corrected chi connectivity index (χ1v) is 11.6. The van der Waals surface area contributed by atoms with Crippen LogP contribution in [0.15, 0.2) is 79.3 Å². The number of allylic oxidation sites excluding steroid dienone is 7. The van der Waals surface area contributed by atoms with Crippen molar-refractivity contribution in [2.24, 2.45) is 0 Å². The Bertz CT molecular complexity index is 1450. The smallest absolute Gasteiger partial charge is 0.181 e. The zero-order valence-electron chi connectivity index (χ0n) is 19.5. The van der Waals surface area contributed by atoms with Crippen LogP contribution in [-0.4, -0.2) is 31.7 Å². The van der Waals surface area contributed by atoms with Gasteiger partial charge in [-0.1, -0.05) is 43.9 Å². The van der Waals surface area contributed by atoms with Gasteiger partial charge in [-0.25, -0.2) is 4.98 Å². The van der Waals surface area contributed by atoms with E-state index < -0.39 is 0 Å². The van der Waals surface area contributed by atoms with Crippen LogP contribution in [0.3, 0.4) is 0 Å². The van der Waals surface area contributed by atoms with Gasteiger partial charge in [-0.05, 0) is 54.8 Å². The average Bonchev–Trinajstić information content (AvgIpc) is 3.61. The molecule has 34 heavy (non-hydrogen) atoms. The zero-order valence-corrected chi connectivity index (χ0v) is 19.5. The van der Waals surface area contributed by atoms with Crippen molar-refractivity contribution >= 4 is 16.6 Å². The highest BCUT2D eigenvalue weighted by Gasteiger charge is 2.17. The molecule has 0 bridgehead atoms. The second kappa shape index (κ2) is 9.45. The molecule has 6 heteroatoms. The van der Waals surface area contributed by atoms with Crippen molar-refractivity contribution in [1.82, 2.24) is 30.5 Å². The number of hydrogen-bond donors (Lipinski definition) is 3. The minimum Gasteiger partial charge on any atom is -0.357 e. The Morgan fingerprint density at radius 3 is 2.85 bits per heavy atom. The topological polar surface area (TPSA) is 82.3 Å². The van der Waals surface area contributed by atoms with Crippen LogP contribution in [0, 0.1) is 6.92 Å². The number of rotatable bonds is 8. The van der Waals surface area contributed by atoms with E-state index in [1.807, 2.05) is 24.7 Å². The molecule has 3 N–H and O–H groups in total. The number of H-pyrrole nitrogens is 2. The summed E-state index contributed by atoms with van der Waals surface area (Å²) >= 11 is 0. The van der Waals surface area contributed by atoms with Crippen LogP contribution in [0.1, 0.15) is 30.2 Å². The lowest BCUT2D eigenvalue weighted by Crippen LogP contribution is -2.11. The Labute approximate surface area is 199 Å². The van der Waals surface area contributed by atoms with Gasteiger partial charge in [-0.15, -0.1) is 0 Å². The molecular weight excluding hydrogens is 420 g/mol. The molecule has 0 spiro atoms. The summed E-state index contributed by atoms with van der Waals surface area (Å²) in [6.07, 6.45) is 17.1. The van der Waals surface area contributed by atoms with Gasteiger partial charge in [0.25, 0.3) is 0 Å². The highest BCUT2D eigenvalue weighted by atomic mass is 15.2. The third-order valence-electron chi connectivity index (χ3n) is 6.06. The predicted molar refractivity (Wildman–Crippen MR) is 139 cm³/mol. The molecule has 0 radical (unpaired) electrons. The van der Waals surface area contributed by atoms with Gasteiger partial charge in [0.1, 0.15) is 0 Å². The van der Waals surface area contributed by atoms with Crippen LogP contribution in [0.25, 0.3) is 39.1 Å². The molecule has 5 rings (SSSR count). The van der Waals surface area contributed by atoms with Crippen LogP contribution in [0.5, 0.6) is 0 Å². The summed E-state index contributed by atoms with van der Waals surface area (Å²) in [5.41, 5.74) is 10.4. The van der Waals surface area contributed by atoms with Gasteiger partial charge in [0.05, 0.1) is 11.4 Å². The largest absolute Gasteiger partial charge is 0.357 e. The molecule has 0 saturated heterocycles. The quantitative estimate of drug-likeness (QED) is 0.294. The number of nitrogens with one attached hydrogen (secondary N) is 3. The molecule has 4 aromatic heterocycles. The molecule has 0 fully saturated rings. The van der Waals surface area contributed by atoms with E-state index in [4.69, 9.17) is 0 Å². The van der Waals surface area contributed by atoms with E-state index in [9.17, 15) is 0 Å². The molecule has 4 heterocycles. The number of aryl methyl sites for hydroxylation is 1. The molecule has 0 unspecified atom stereocenters. The summed E-state index contributed by atoms with van der Waals surface area (Å²) in [5, 5.41) is 12.0. The maximum atomic E-state index is 4.61. The van der Waals surface area contributed by atoms with Crippen molar-refractivity contribution in [3.8, 4) is 22.5 Å². The molecule has 0 aromatic carbocycles. The minimum atomic E-state index is 0.688. The van der Waals surface area contributed by atoms with E-state index in [2.05, 4.69) is 93.4 Å². The van der Waals surface area contributed by atoms with E-state index in [1.54, 1.807) is 0 Å². The van der Waals surface area contributed by atoms with Crippen LogP contribution >= 0.6 is 0 Å². The first-order valence-electron chi connectivity index (χ1n) is 11.6. The summed E-state index contributed by atoms with van der Waals surface area (Å²) in [5.74, 6) is 0. The Morgan fingerprint density at radius 2 is 2.06 bits per heavy atom. The van der Waals surface area contributed by atoms with E-state index in [1.165, 1.54) is 5.57 Å². The van der Waals surface area contributed by atoms with Crippen molar-refractivity contribution in [3.63, 3.8) is 0 Å². The van der Waals surface area contributed by atoms with E-state index in [0.717, 1.165) is 69.8 Å². The Hall–Kier alpha value is -4.03. The number of aromatic nitrogens is 5. The SMILES string of the molecule is C=C/C=C(/C1=CCC=C1)c1cc(-c2[nH]nc3ncc(-c4cncc(CNCC)c4)cc23)[nH]c1C. The summed E-state index contributed by atoms with van der Waals surface area (Å²) in [4.78, 5) is 12.6.